The Bertz CT molecular complexity index is 1180. The van der Waals surface area contributed by atoms with Crippen molar-refractivity contribution < 1.29 is 47.5 Å². The number of aliphatic carboxylic acids is 1. The summed E-state index contributed by atoms with van der Waals surface area (Å²) >= 11 is 0. The van der Waals surface area contributed by atoms with Crippen LogP contribution >= 0.6 is 7.82 Å². The molecule has 0 aromatic rings. The van der Waals surface area contributed by atoms with Gasteiger partial charge in [0.2, 0.25) is 0 Å². The maximum Gasteiger partial charge on any atom is 0.472 e. The minimum Gasteiger partial charge on any atom is -0.480 e. The van der Waals surface area contributed by atoms with E-state index in [0.717, 1.165) is 64.2 Å². The number of ether oxygens (including phenoxy) is 2. The highest BCUT2D eigenvalue weighted by Gasteiger charge is 2.28. The molecule has 0 saturated heterocycles. The van der Waals surface area contributed by atoms with Gasteiger partial charge in [-0.15, -0.1) is 0 Å². The van der Waals surface area contributed by atoms with Gasteiger partial charge < -0.3 is 25.2 Å². The first-order valence-corrected chi connectivity index (χ1v) is 21.0. The van der Waals surface area contributed by atoms with Crippen LogP contribution in [0.2, 0.25) is 0 Å². The van der Waals surface area contributed by atoms with Gasteiger partial charge in [0.05, 0.1) is 19.6 Å². The number of esters is 2. The van der Waals surface area contributed by atoms with E-state index in [9.17, 15) is 23.8 Å². The number of rotatable bonds is 35. The van der Waals surface area contributed by atoms with Crippen LogP contribution in [0.5, 0.6) is 0 Å². The second-order valence-electron chi connectivity index (χ2n) is 12.7. The molecule has 12 heteroatoms. The zero-order chi connectivity index (χ0) is 39.3. The van der Waals surface area contributed by atoms with Crippen molar-refractivity contribution in [2.24, 2.45) is 5.73 Å². The number of carboxylic acids is 1. The molecule has 0 bridgehead atoms. The molecule has 0 aliphatic carbocycles. The van der Waals surface area contributed by atoms with Crippen molar-refractivity contribution in [1.82, 2.24) is 0 Å². The van der Waals surface area contributed by atoms with E-state index in [1.165, 1.54) is 32.1 Å². The summed E-state index contributed by atoms with van der Waals surface area (Å²) in [5.41, 5.74) is 5.31. The molecular formula is C41H68NO10P. The summed E-state index contributed by atoms with van der Waals surface area (Å²) in [7, 11) is -4.74. The Hall–Kier alpha value is -3.08. The highest BCUT2D eigenvalue weighted by atomic mass is 31.2. The summed E-state index contributed by atoms with van der Waals surface area (Å²) in [6.45, 7) is 2.54. The average molecular weight is 766 g/mol. The maximum absolute atomic E-state index is 12.5. The van der Waals surface area contributed by atoms with Crippen LogP contribution < -0.4 is 5.73 Å². The topological polar surface area (TPSA) is 172 Å². The Morgan fingerprint density at radius 1 is 0.623 bits per heavy atom. The molecule has 0 fully saturated rings. The molecule has 0 aromatic heterocycles. The Kier molecular flexibility index (Phi) is 33.8. The van der Waals surface area contributed by atoms with Gasteiger partial charge in [-0.25, -0.2) is 4.57 Å². The highest BCUT2D eigenvalue weighted by molar-refractivity contribution is 7.47. The number of phosphoric ester groups is 1. The molecular weight excluding hydrogens is 697 g/mol. The third-order valence-corrected chi connectivity index (χ3v) is 8.67. The number of hydrogen-bond donors (Lipinski definition) is 3. The number of unbranched alkanes of at least 4 members (excludes halogenated alkanes) is 10. The smallest absolute Gasteiger partial charge is 0.472 e. The first-order valence-electron chi connectivity index (χ1n) is 19.5. The Morgan fingerprint density at radius 3 is 1.66 bits per heavy atom. The molecule has 0 aromatic carbocycles. The van der Waals surface area contributed by atoms with E-state index in [2.05, 4.69) is 67.0 Å². The lowest BCUT2D eigenvalue weighted by Crippen LogP contribution is -2.34. The van der Waals surface area contributed by atoms with Gasteiger partial charge >= 0.3 is 25.7 Å². The SMILES string of the molecule is CC/C=C\C/C=C\C/C=C\C/C=C\C/C=C\CC(=O)OC(COC(=O)CCCCCCC/C=C\CCCCCCC)COP(=O)(O)OCC(N)C(=O)O. The monoisotopic (exact) mass is 765 g/mol. The number of hydrogen-bond acceptors (Lipinski definition) is 9. The Balaban J connectivity index is 4.60. The molecule has 0 amide bonds. The van der Waals surface area contributed by atoms with E-state index >= 15 is 0 Å². The molecule has 53 heavy (non-hydrogen) atoms. The van der Waals surface area contributed by atoms with Gasteiger partial charge in [0, 0.05) is 6.42 Å². The van der Waals surface area contributed by atoms with Crippen molar-refractivity contribution in [3.63, 3.8) is 0 Å². The molecule has 0 heterocycles. The zero-order valence-electron chi connectivity index (χ0n) is 32.3. The molecule has 4 N–H and O–H groups in total. The summed E-state index contributed by atoms with van der Waals surface area (Å²) in [6.07, 6.45) is 41.5. The number of allylic oxidation sites excluding steroid dienone is 11. The summed E-state index contributed by atoms with van der Waals surface area (Å²) < 4.78 is 32.4. The minimum atomic E-state index is -4.74. The van der Waals surface area contributed by atoms with Gasteiger partial charge in [0.1, 0.15) is 12.6 Å². The molecule has 0 aliphatic heterocycles. The molecule has 0 radical (unpaired) electrons. The first kappa shape index (κ1) is 49.9. The van der Waals surface area contributed by atoms with E-state index < -0.39 is 57.7 Å². The molecule has 0 saturated carbocycles. The molecule has 0 rings (SSSR count). The van der Waals surface area contributed by atoms with Crippen LogP contribution in [0.1, 0.15) is 136 Å². The lowest BCUT2D eigenvalue weighted by atomic mass is 10.1. The number of phosphoric acid groups is 1. The van der Waals surface area contributed by atoms with Crippen LogP contribution in [0.3, 0.4) is 0 Å². The van der Waals surface area contributed by atoms with Crippen LogP contribution in [0.15, 0.2) is 72.9 Å². The summed E-state index contributed by atoms with van der Waals surface area (Å²) in [6, 6.07) is -1.54. The largest absolute Gasteiger partial charge is 0.480 e. The summed E-state index contributed by atoms with van der Waals surface area (Å²) in [5.74, 6) is -2.56. The van der Waals surface area contributed by atoms with Crippen molar-refractivity contribution in [2.45, 2.75) is 148 Å². The van der Waals surface area contributed by atoms with Crippen LogP contribution in [0.25, 0.3) is 0 Å². The van der Waals surface area contributed by atoms with Gasteiger partial charge in [-0.1, -0.05) is 132 Å². The maximum atomic E-state index is 12.5. The van der Waals surface area contributed by atoms with Crippen LogP contribution in [-0.2, 0) is 37.5 Å². The fraction of sp³-hybridized carbons (Fsp3) is 0.634. The van der Waals surface area contributed by atoms with Crippen molar-refractivity contribution in [3.8, 4) is 0 Å². The lowest BCUT2D eigenvalue weighted by molar-refractivity contribution is -0.160. The van der Waals surface area contributed by atoms with Gasteiger partial charge in [-0.3, -0.25) is 23.4 Å². The fourth-order valence-corrected chi connectivity index (χ4v) is 5.44. The minimum absolute atomic E-state index is 0.0758. The highest BCUT2D eigenvalue weighted by Crippen LogP contribution is 2.43. The van der Waals surface area contributed by atoms with Gasteiger partial charge in [0.15, 0.2) is 6.10 Å². The molecule has 302 valence electrons. The Morgan fingerprint density at radius 2 is 1.11 bits per heavy atom. The fourth-order valence-electron chi connectivity index (χ4n) is 4.66. The molecule has 3 atom stereocenters. The standard InChI is InChI=1S/C41H68NO10P/c1-3-5-7-9-11-13-15-17-19-21-23-25-27-29-31-33-40(44)52-37(35-50-53(47,48)51-36-38(42)41(45)46)34-49-39(43)32-30-28-26-24-22-20-18-16-14-12-10-8-6-4-2/h5,7,11,13,16-19,23,25,29,31,37-38H,3-4,6,8-10,12,14-15,20-22,24,26-28,30,32-36,42H2,1-2H3,(H,45,46)(H,47,48)/b7-5-,13-11-,18-16-,19-17-,25-23-,31-29-. The second kappa shape index (κ2) is 35.9. The van der Waals surface area contributed by atoms with E-state index in [-0.39, 0.29) is 12.8 Å². The first-order chi connectivity index (χ1) is 25.6. The lowest BCUT2D eigenvalue weighted by Gasteiger charge is -2.20. The third-order valence-electron chi connectivity index (χ3n) is 7.72. The van der Waals surface area contributed by atoms with Crippen molar-refractivity contribution in [2.75, 3.05) is 19.8 Å². The van der Waals surface area contributed by atoms with Gasteiger partial charge in [-0.2, -0.15) is 0 Å². The molecule has 0 spiro atoms. The molecule has 0 aliphatic rings. The van der Waals surface area contributed by atoms with Gasteiger partial charge in [0.25, 0.3) is 0 Å². The van der Waals surface area contributed by atoms with E-state index in [1.54, 1.807) is 6.08 Å². The number of carboxylic acid groups (broad SMARTS) is 1. The average Bonchev–Trinajstić information content (AvgIpc) is 3.13. The van der Waals surface area contributed by atoms with Gasteiger partial charge in [-0.05, 0) is 64.2 Å². The summed E-state index contributed by atoms with van der Waals surface area (Å²) in [5, 5.41) is 8.86. The van der Waals surface area contributed by atoms with Crippen LogP contribution in [-0.4, -0.2) is 59.9 Å². The summed E-state index contributed by atoms with van der Waals surface area (Å²) in [4.78, 5) is 45.7. The number of nitrogens with two attached hydrogens (primary N) is 1. The number of carbonyl (C=O) groups excluding carboxylic acids is 2. The molecule has 11 nitrogen and oxygen atoms in total. The predicted octanol–water partition coefficient (Wildman–Crippen LogP) is 9.78. The van der Waals surface area contributed by atoms with E-state index in [4.69, 9.17) is 24.8 Å². The quantitative estimate of drug-likeness (QED) is 0.0243. The normalized spacial score (nSPS) is 14.6. The van der Waals surface area contributed by atoms with E-state index in [0.29, 0.717) is 12.8 Å². The molecule has 3 unspecified atom stereocenters. The van der Waals surface area contributed by atoms with Crippen molar-refractivity contribution >= 4 is 25.7 Å². The second-order valence-corrected chi connectivity index (χ2v) is 14.1. The Labute approximate surface area is 319 Å². The third kappa shape index (κ3) is 35.7. The predicted molar refractivity (Wildman–Crippen MR) is 212 cm³/mol. The van der Waals surface area contributed by atoms with Crippen molar-refractivity contribution in [3.05, 3.63) is 72.9 Å². The van der Waals surface area contributed by atoms with Crippen LogP contribution in [0, 0.1) is 0 Å². The number of carbonyl (C=O) groups is 3. The zero-order valence-corrected chi connectivity index (χ0v) is 33.2. The van der Waals surface area contributed by atoms with Crippen molar-refractivity contribution in [1.29, 1.82) is 0 Å². The van der Waals surface area contributed by atoms with Crippen LogP contribution in [0.4, 0.5) is 0 Å². The van der Waals surface area contributed by atoms with E-state index in [1.807, 2.05) is 18.2 Å².